The molecule has 2 fully saturated rings. The molecule has 0 radical (unpaired) electrons. The van der Waals surface area contributed by atoms with E-state index in [0.29, 0.717) is 6.04 Å². The number of anilines is 1. The van der Waals surface area contributed by atoms with Crippen molar-refractivity contribution in [3.05, 3.63) is 29.8 Å². The number of benzene rings is 1. The zero-order valence-corrected chi connectivity index (χ0v) is 12.4. The predicted octanol–water partition coefficient (Wildman–Crippen LogP) is 1.86. The van der Waals surface area contributed by atoms with Gasteiger partial charge in [-0.1, -0.05) is 12.1 Å². The van der Waals surface area contributed by atoms with Gasteiger partial charge in [0.2, 0.25) is 5.91 Å². The Balaban J connectivity index is 1.70. The highest BCUT2D eigenvalue weighted by atomic mass is 16.2. The number of nitrogens with zero attached hydrogens (tertiary/aromatic N) is 1. The fourth-order valence-electron chi connectivity index (χ4n) is 2.98. The molecule has 2 N–H and O–H groups in total. The predicted molar refractivity (Wildman–Crippen MR) is 83.4 cm³/mol. The van der Waals surface area contributed by atoms with Crippen LogP contribution in [0.5, 0.6) is 0 Å². The molecular weight excluding hydrogens is 264 g/mol. The summed E-state index contributed by atoms with van der Waals surface area (Å²) < 4.78 is 0. The Morgan fingerprint density at radius 2 is 2.14 bits per heavy atom. The molecule has 0 bridgehead atoms. The van der Waals surface area contributed by atoms with Crippen LogP contribution in [0.3, 0.4) is 0 Å². The number of carbonyl (C=O) groups is 1. The largest absolute Gasteiger partial charge is 0.396 e. The van der Waals surface area contributed by atoms with Crippen molar-refractivity contribution < 1.29 is 9.90 Å². The highest BCUT2D eigenvalue weighted by Crippen LogP contribution is 2.26. The van der Waals surface area contributed by atoms with Crippen LogP contribution in [0.2, 0.25) is 0 Å². The number of hydrogen-bond donors (Lipinski definition) is 2. The third-order valence-corrected chi connectivity index (χ3v) is 4.30. The first-order valence-corrected chi connectivity index (χ1v) is 8.05. The molecule has 1 atom stereocenters. The van der Waals surface area contributed by atoms with Crippen molar-refractivity contribution in [1.82, 2.24) is 5.32 Å². The van der Waals surface area contributed by atoms with Crippen LogP contribution in [0.15, 0.2) is 24.3 Å². The maximum atomic E-state index is 12.6. The summed E-state index contributed by atoms with van der Waals surface area (Å²) >= 11 is 0. The second kappa shape index (κ2) is 6.58. The quantitative estimate of drug-likeness (QED) is 0.840. The van der Waals surface area contributed by atoms with Crippen molar-refractivity contribution in [2.24, 2.45) is 0 Å². The van der Waals surface area contributed by atoms with Crippen LogP contribution in [0.25, 0.3) is 0 Å². The fourth-order valence-corrected chi connectivity index (χ4v) is 2.98. The third kappa shape index (κ3) is 3.63. The van der Waals surface area contributed by atoms with E-state index >= 15 is 0 Å². The molecule has 2 aliphatic rings. The number of aliphatic hydroxyl groups excluding tert-OH is 1. The number of rotatable bonds is 6. The van der Waals surface area contributed by atoms with Crippen LogP contribution in [-0.4, -0.2) is 36.2 Å². The van der Waals surface area contributed by atoms with E-state index < -0.39 is 0 Å². The molecule has 4 heteroatoms. The number of aliphatic hydroxyl groups is 1. The number of nitrogens with one attached hydrogen (secondary N) is 1. The molecule has 21 heavy (non-hydrogen) atoms. The first kappa shape index (κ1) is 14.5. The number of piperidine rings is 1. The van der Waals surface area contributed by atoms with Crippen LogP contribution in [0.1, 0.15) is 37.7 Å². The molecule has 4 nitrogen and oxygen atoms in total. The van der Waals surface area contributed by atoms with Crippen molar-refractivity contribution in [1.29, 1.82) is 0 Å². The summed E-state index contributed by atoms with van der Waals surface area (Å²) in [6, 6.07) is 8.73. The van der Waals surface area contributed by atoms with Crippen LogP contribution in [-0.2, 0) is 11.2 Å². The van der Waals surface area contributed by atoms with Gasteiger partial charge in [-0.25, -0.2) is 0 Å². The topological polar surface area (TPSA) is 52.6 Å². The molecule has 3 rings (SSSR count). The molecule has 1 saturated carbocycles. The van der Waals surface area contributed by atoms with Crippen molar-refractivity contribution in [3.63, 3.8) is 0 Å². The van der Waals surface area contributed by atoms with Crippen LogP contribution < -0.4 is 10.2 Å². The van der Waals surface area contributed by atoms with E-state index in [-0.39, 0.29) is 18.6 Å². The summed E-state index contributed by atoms with van der Waals surface area (Å²) in [6.07, 6.45) is 6.05. The van der Waals surface area contributed by atoms with E-state index in [2.05, 4.69) is 17.4 Å². The molecule has 1 unspecified atom stereocenters. The number of carbonyl (C=O) groups excluding carboxylic acids is 1. The molecule has 1 aliphatic heterocycles. The van der Waals surface area contributed by atoms with Gasteiger partial charge in [0.1, 0.15) is 0 Å². The fraction of sp³-hybridized carbons (Fsp3) is 0.588. The second-order valence-corrected chi connectivity index (χ2v) is 6.12. The molecule has 1 saturated heterocycles. The summed E-state index contributed by atoms with van der Waals surface area (Å²) in [5.74, 6) is 0.215. The molecule has 0 aromatic heterocycles. The molecule has 1 amide bonds. The van der Waals surface area contributed by atoms with E-state index in [4.69, 9.17) is 5.11 Å². The van der Waals surface area contributed by atoms with Gasteiger partial charge < -0.3 is 15.3 Å². The average Bonchev–Trinajstić information content (AvgIpc) is 3.32. The lowest BCUT2D eigenvalue weighted by Crippen LogP contribution is -2.51. The van der Waals surface area contributed by atoms with Gasteiger partial charge in [0.05, 0.1) is 6.04 Å². The number of amides is 1. The van der Waals surface area contributed by atoms with Crippen molar-refractivity contribution in [2.75, 3.05) is 18.1 Å². The van der Waals surface area contributed by atoms with E-state index in [1.165, 1.54) is 18.4 Å². The standard InChI is InChI=1S/C17H24N2O2/c20-11-3-5-13-4-1-6-15(12-13)19-10-2-7-16(17(19)21)18-14-8-9-14/h1,4,6,12,14,16,18,20H,2-3,5,7-11H2. The van der Waals surface area contributed by atoms with E-state index in [1.807, 2.05) is 17.0 Å². The average molecular weight is 288 g/mol. The normalized spacial score (nSPS) is 22.6. The highest BCUT2D eigenvalue weighted by Gasteiger charge is 2.33. The van der Waals surface area contributed by atoms with Gasteiger partial charge in [-0.3, -0.25) is 4.79 Å². The van der Waals surface area contributed by atoms with Gasteiger partial charge in [-0.15, -0.1) is 0 Å². The van der Waals surface area contributed by atoms with Gasteiger partial charge in [0, 0.05) is 24.9 Å². The molecular formula is C17H24N2O2. The van der Waals surface area contributed by atoms with Crippen molar-refractivity contribution in [2.45, 2.75) is 50.6 Å². The van der Waals surface area contributed by atoms with Crippen molar-refractivity contribution in [3.8, 4) is 0 Å². The minimum absolute atomic E-state index is 0.00709. The number of aryl methyl sites for hydroxylation is 1. The highest BCUT2D eigenvalue weighted by molar-refractivity contribution is 5.98. The lowest BCUT2D eigenvalue weighted by Gasteiger charge is -2.33. The molecule has 114 valence electrons. The van der Waals surface area contributed by atoms with Crippen LogP contribution >= 0.6 is 0 Å². The Kier molecular flexibility index (Phi) is 4.56. The first-order valence-electron chi connectivity index (χ1n) is 8.05. The summed E-state index contributed by atoms with van der Waals surface area (Å²) in [6.45, 7) is 1.02. The maximum Gasteiger partial charge on any atom is 0.244 e. The van der Waals surface area contributed by atoms with E-state index in [1.54, 1.807) is 0 Å². The Hall–Kier alpha value is -1.39. The second-order valence-electron chi connectivity index (χ2n) is 6.12. The lowest BCUT2D eigenvalue weighted by atomic mass is 10.0. The van der Waals surface area contributed by atoms with E-state index in [0.717, 1.165) is 37.9 Å². The molecule has 1 aromatic carbocycles. The lowest BCUT2D eigenvalue weighted by molar-refractivity contribution is -0.121. The van der Waals surface area contributed by atoms with Gasteiger partial charge in [-0.2, -0.15) is 0 Å². The zero-order valence-electron chi connectivity index (χ0n) is 12.4. The summed E-state index contributed by atoms with van der Waals surface area (Å²) in [4.78, 5) is 14.6. The first-order chi connectivity index (χ1) is 10.3. The molecule has 1 aromatic rings. The van der Waals surface area contributed by atoms with Crippen molar-refractivity contribution >= 4 is 11.6 Å². The SMILES string of the molecule is O=C1C(NC2CC2)CCCN1c1cccc(CCCO)c1. The molecule has 1 heterocycles. The Bertz CT molecular complexity index is 499. The maximum absolute atomic E-state index is 12.6. The summed E-state index contributed by atoms with van der Waals surface area (Å²) in [5, 5.41) is 12.4. The summed E-state index contributed by atoms with van der Waals surface area (Å²) in [5.41, 5.74) is 2.18. The van der Waals surface area contributed by atoms with Crippen LogP contribution in [0.4, 0.5) is 5.69 Å². The van der Waals surface area contributed by atoms with Gasteiger partial charge >= 0.3 is 0 Å². The Morgan fingerprint density at radius 1 is 1.29 bits per heavy atom. The van der Waals surface area contributed by atoms with Gasteiger partial charge in [0.25, 0.3) is 0 Å². The van der Waals surface area contributed by atoms with Gasteiger partial charge in [-0.05, 0) is 56.2 Å². The Labute approximate surface area is 126 Å². The summed E-state index contributed by atoms with van der Waals surface area (Å²) in [7, 11) is 0. The minimum Gasteiger partial charge on any atom is -0.396 e. The van der Waals surface area contributed by atoms with E-state index in [9.17, 15) is 4.79 Å². The molecule has 0 spiro atoms. The smallest absolute Gasteiger partial charge is 0.244 e. The monoisotopic (exact) mass is 288 g/mol. The van der Waals surface area contributed by atoms with Crippen LogP contribution in [0, 0.1) is 0 Å². The zero-order chi connectivity index (χ0) is 14.7. The Morgan fingerprint density at radius 3 is 2.90 bits per heavy atom. The molecule has 1 aliphatic carbocycles. The van der Waals surface area contributed by atoms with Gasteiger partial charge in [0.15, 0.2) is 0 Å². The third-order valence-electron chi connectivity index (χ3n) is 4.30. The number of hydrogen-bond acceptors (Lipinski definition) is 3. The minimum atomic E-state index is -0.00709.